The van der Waals surface area contributed by atoms with Crippen molar-refractivity contribution in [3.63, 3.8) is 0 Å². The highest BCUT2D eigenvalue weighted by Crippen LogP contribution is 2.26. The summed E-state index contributed by atoms with van der Waals surface area (Å²) in [6.45, 7) is 3.76. The molecular weight excluding hydrogens is 188 g/mol. The van der Waals surface area contributed by atoms with Crippen LogP contribution in [0.25, 0.3) is 0 Å². The average Bonchev–Trinajstić information content (AvgIpc) is 2.71. The van der Waals surface area contributed by atoms with Crippen LogP contribution >= 0.6 is 0 Å². The van der Waals surface area contributed by atoms with Crippen molar-refractivity contribution >= 4 is 6.03 Å². The average molecular weight is 212 g/mol. The van der Waals surface area contributed by atoms with Gasteiger partial charge in [-0.25, -0.2) is 4.79 Å². The predicted molar refractivity (Wildman–Crippen MR) is 62.9 cm³/mol. The van der Waals surface area contributed by atoms with Gasteiger partial charge >= 0.3 is 6.03 Å². The van der Waals surface area contributed by atoms with E-state index in [0.717, 1.165) is 38.3 Å². The van der Waals surface area contributed by atoms with Crippen LogP contribution < -0.4 is 10.6 Å². The molecule has 0 aromatic rings. The van der Waals surface area contributed by atoms with Crippen LogP contribution in [0.15, 0.2) is 0 Å². The van der Waals surface area contributed by atoms with Gasteiger partial charge in [-0.15, -0.1) is 0 Å². The van der Waals surface area contributed by atoms with Crippen LogP contribution in [0.4, 0.5) is 4.79 Å². The lowest BCUT2D eigenvalue weighted by atomic mass is 10.0. The Balaban J connectivity index is 1.91. The van der Waals surface area contributed by atoms with E-state index in [1.54, 1.807) is 0 Å². The van der Waals surface area contributed by atoms with Crippen molar-refractivity contribution in [1.82, 2.24) is 10.6 Å². The smallest absolute Gasteiger partial charge is 0.314 e. The summed E-state index contributed by atoms with van der Waals surface area (Å²) in [4.78, 5) is 11.3. The van der Waals surface area contributed by atoms with Gasteiger partial charge < -0.3 is 10.6 Å². The normalized spacial score (nSPS) is 16.6. The molecule has 0 aliphatic heterocycles. The first-order chi connectivity index (χ1) is 7.33. The summed E-state index contributed by atoms with van der Waals surface area (Å²) < 4.78 is 0. The molecule has 0 atom stereocenters. The summed E-state index contributed by atoms with van der Waals surface area (Å²) in [6, 6.07) is 0.00134. The van der Waals surface area contributed by atoms with E-state index in [1.807, 2.05) is 0 Å². The van der Waals surface area contributed by atoms with Gasteiger partial charge in [0.05, 0.1) is 0 Å². The highest BCUT2D eigenvalue weighted by molar-refractivity contribution is 5.73. The van der Waals surface area contributed by atoms with Crippen molar-refractivity contribution in [1.29, 1.82) is 0 Å². The van der Waals surface area contributed by atoms with Gasteiger partial charge in [0.2, 0.25) is 0 Å². The summed E-state index contributed by atoms with van der Waals surface area (Å²) in [5.41, 5.74) is 0. The van der Waals surface area contributed by atoms with E-state index < -0.39 is 0 Å². The van der Waals surface area contributed by atoms with Gasteiger partial charge in [-0.3, -0.25) is 0 Å². The summed E-state index contributed by atoms with van der Waals surface area (Å²) in [5, 5.41) is 5.78. The third kappa shape index (κ3) is 5.65. The van der Waals surface area contributed by atoms with E-state index in [0.29, 0.717) is 0 Å². The summed E-state index contributed by atoms with van der Waals surface area (Å²) >= 11 is 0. The Kier molecular flexibility index (Phi) is 6.21. The zero-order valence-electron chi connectivity index (χ0n) is 9.85. The standard InChI is InChI=1S/C12H24N2O/c1-2-3-9-13-12(15)14-10-8-11-6-4-5-7-11/h11H,2-10H2,1H3,(H2,13,14,15). The number of carbonyl (C=O) groups excluding carboxylic acids is 1. The number of carbonyl (C=O) groups is 1. The summed E-state index contributed by atoms with van der Waals surface area (Å²) in [6.07, 6.45) is 8.83. The van der Waals surface area contributed by atoms with Crippen LogP contribution in [0.3, 0.4) is 0 Å². The van der Waals surface area contributed by atoms with Gasteiger partial charge in [0, 0.05) is 13.1 Å². The number of nitrogens with one attached hydrogen (secondary N) is 2. The van der Waals surface area contributed by atoms with E-state index in [-0.39, 0.29) is 6.03 Å². The molecule has 0 aromatic heterocycles. The van der Waals surface area contributed by atoms with Gasteiger partial charge in [-0.05, 0) is 18.8 Å². The molecule has 1 rings (SSSR count). The molecule has 0 radical (unpaired) electrons. The van der Waals surface area contributed by atoms with Crippen LogP contribution in [0.2, 0.25) is 0 Å². The summed E-state index contributed by atoms with van der Waals surface area (Å²) in [7, 11) is 0. The van der Waals surface area contributed by atoms with Gasteiger partial charge in [0.1, 0.15) is 0 Å². The molecule has 1 aliphatic rings. The number of amides is 2. The Bertz CT molecular complexity index is 176. The Labute approximate surface area is 93.0 Å². The molecule has 0 bridgehead atoms. The number of unbranched alkanes of at least 4 members (excludes halogenated alkanes) is 1. The molecule has 1 aliphatic carbocycles. The van der Waals surface area contributed by atoms with Crippen molar-refractivity contribution in [3.05, 3.63) is 0 Å². The molecule has 3 nitrogen and oxygen atoms in total. The number of hydrogen-bond donors (Lipinski definition) is 2. The summed E-state index contributed by atoms with van der Waals surface area (Å²) in [5.74, 6) is 0.862. The van der Waals surface area contributed by atoms with Gasteiger partial charge in [0.25, 0.3) is 0 Å². The van der Waals surface area contributed by atoms with E-state index in [9.17, 15) is 4.79 Å². The minimum Gasteiger partial charge on any atom is -0.338 e. The third-order valence-corrected chi connectivity index (χ3v) is 3.13. The van der Waals surface area contributed by atoms with E-state index in [1.165, 1.54) is 25.7 Å². The van der Waals surface area contributed by atoms with Crippen molar-refractivity contribution in [2.24, 2.45) is 5.92 Å². The molecule has 0 heterocycles. The second kappa shape index (κ2) is 7.55. The second-order valence-corrected chi connectivity index (χ2v) is 4.48. The SMILES string of the molecule is CCCCNC(=O)NCCC1CCCC1. The highest BCUT2D eigenvalue weighted by Gasteiger charge is 2.14. The van der Waals surface area contributed by atoms with Crippen molar-refractivity contribution < 1.29 is 4.79 Å². The number of rotatable bonds is 6. The largest absolute Gasteiger partial charge is 0.338 e. The molecule has 3 heteroatoms. The van der Waals surface area contributed by atoms with Crippen LogP contribution in [0.5, 0.6) is 0 Å². The molecule has 1 fully saturated rings. The minimum absolute atomic E-state index is 0.00134. The maximum atomic E-state index is 11.3. The Morgan fingerprint density at radius 2 is 1.87 bits per heavy atom. The topological polar surface area (TPSA) is 41.1 Å². The third-order valence-electron chi connectivity index (χ3n) is 3.13. The molecule has 0 spiro atoms. The van der Waals surface area contributed by atoms with Crippen LogP contribution in [-0.4, -0.2) is 19.1 Å². The number of hydrogen-bond acceptors (Lipinski definition) is 1. The fraction of sp³-hybridized carbons (Fsp3) is 0.917. The molecule has 0 saturated heterocycles. The van der Waals surface area contributed by atoms with E-state index >= 15 is 0 Å². The van der Waals surface area contributed by atoms with E-state index in [2.05, 4.69) is 17.6 Å². The lowest BCUT2D eigenvalue weighted by molar-refractivity contribution is 0.240. The fourth-order valence-electron chi connectivity index (χ4n) is 2.13. The molecular formula is C12H24N2O. The van der Waals surface area contributed by atoms with Crippen LogP contribution in [0.1, 0.15) is 51.9 Å². The Hall–Kier alpha value is -0.730. The predicted octanol–water partition coefficient (Wildman–Crippen LogP) is 2.67. The lowest BCUT2D eigenvalue weighted by Crippen LogP contribution is -2.36. The molecule has 0 unspecified atom stereocenters. The maximum Gasteiger partial charge on any atom is 0.314 e. The minimum atomic E-state index is 0.00134. The molecule has 2 amide bonds. The first-order valence-electron chi connectivity index (χ1n) is 6.34. The molecule has 15 heavy (non-hydrogen) atoms. The van der Waals surface area contributed by atoms with Crippen LogP contribution in [0, 0.1) is 5.92 Å². The molecule has 1 saturated carbocycles. The highest BCUT2D eigenvalue weighted by atomic mass is 16.2. The molecule has 0 aromatic carbocycles. The molecule has 2 N–H and O–H groups in total. The zero-order valence-corrected chi connectivity index (χ0v) is 9.85. The Morgan fingerprint density at radius 1 is 1.20 bits per heavy atom. The van der Waals surface area contributed by atoms with Gasteiger partial charge in [-0.2, -0.15) is 0 Å². The zero-order chi connectivity index (χ0) is 10.9. The quantitative estimate of drug-likeness (QED) is 0.653. The van der Waals surface area contributed by atoms with Gasteiger partial charge in [-0.1, -0.05) is 39.0 Å². The van der Waals surface area contributed by atoms with Crippen molar-refractivity contribution in [2.75, 3.05) is 13.1 Å². The second-order valence-electron chi connectivity index (χ2n) is 4.48. The van der Waals surface area contributed by atoms with Crippen molar-refractivity contribution in [2.45, 2.75) is 51.9 Å². The molecule has 88 valence electrons. The van der Waals surface area contributed by atoms with Crippen LogP contribution in [-0.2, 0) is 0 Å². The first-order valence-corrected chi connectivity index (χ1v) is 6.34. The number of urea groups is 1. The lowest BCUT2D eigenvalue weighted by Gasteiger charge is -2.10. The Morgan fingerprint density at radius 3 is 2.53 bits per heavy atom. The van der Waals surface area contributed by atoms with E-state index in [4.69, 9.17) is 0 Å². The fourth-order valence-corrected chi connectivity index (χ4v) is 2.13. The van der Waals surface area contributed by atoms with Gasteiger partial charge in [0.15, 0.2) is 0 Å². The van der Waals surface area contributed by atoms with Crippen molar-refractivity contribution in [3.8, 4) is 0 Å². The maximum absolute atomic E-state index is 11.3. The first kappa shape index (κ1) is 12.3. The monoisotopic (exact) mass is 212 g/mol.